The number of aromatic nitrogens is 2. The summed E-state index contributed by atoms with van der Waals surface area (Å²) in [5.74, 6) is 2.34. The van der Waals surface area contributed by atoms with Crippen LogP contribution in [0.5, 0.6) is 11.5 Å². The lowest BCUT2D eigenvalue weighted by molar-refractivity contribution is 0.0951. The van der Waals surface area contributed by atoms with Gasteiger partial charge in [-0.3, -0.25) is 4.79 Å². The van der Waals surface area contributed by atoms with Crippen molar-refractivity contribution in [1.82, 2.24) is 14.9 Å². The number of amides is 1. The summed E-state index contributed by atoms with van der Waals surface area (Å²) in [5.41, 5.74) is 3.74. The first-order chi connectivity index (χ1) is 16.2. The predicted octanol–water partition coefficient (Wildman–Crippen LogP) is 4.76. The first-order valence-electron chi connectivity index (χ1n) is 11.1. The molecule has 1 saturated carbocycles. The zero-order chi connectivity index (χ0) is 22.4. The Hall–Kier alpha value is -3.87. The van der Waals surface area contributed by atoms with Crippen LogP contribution in [0.1, 0.15) is 46.1 Å². The highest BCUT2D eigenvalue weighted by Gasteiger charge is 2.30. The van der Waals surface area contributed by atoms with Crippen LogP contribution < -0.4 is 14.8 Å². The van der Waals surface area contributed by atoms with Crippen molar-refractivity contribution in [1.29, 1.82) is 0 Å². The number of benzene rings is 3. The van der Waals surface area contributed by atoms with E-state index in [0.29, 0.717) is 41.6 Å². The molecule has 1 aliphatic carbocycles. The summed E-state index contributed by atoms with van der Waals surface area (Å²) < 4.78 is 27.2. The maximum atomic E-state index is 14.4. The Bertz CT molecular complexity index is 1380. The summed E-state index contributed by atoms with van der Waals surface area (Å²) in [6, 6.07) is 17.9. The molecule has 0 spiro atoms. The summed E-state index contributed by atoms with van der Waals surface area (Å²) in [5, 5.41) is 2.97. The summed E-state index contributed by atoms with van der Waals surface area (Å²) in [7, 11) is 0. The molecule has 33 heavy (non-hydrogen) atoms. The second kappa shape index (κ2) is 7.92. The van der Waals surface area contributed by atoms with Crippen molar-refractivity contribution in [2.45, 2.75) is 31.8 Å². The minimum absolute atomic E-state index is 0.179. The van der Waals surface area contributed by atoms with E-state index < -0.39 is 0 Å². The molecule has 1 aromatic heterocycles. The van der Waals surface area contributed by atoms with E-state index in [1.807, 2.05) is 36.4 Å². The van der Waals surface area contributed by atoms with Crippen LogP contribution >= 0.6 is 0 Å². The van der Waals surface area contributed by atoms with Gasteiger partial charge in [-0.15, -0.1) is 0 Å². The van der Waals surface area contributed by atoms with E-state index in [2.05, 4.69) is 9.88 Å². The monoisotopic (exact) mass is 443 g/mol. The zero-order valence-corrected chi connectivity index (χ0v) is 17.9. The van der Waals surface area contributed by atoms with E-state index in [1.54, 1.807) is 18.2 Å². The third-order valence-corrected chi connectivity index (χ3v) is 6.16. The Labute approximate surface area is 190 Å². The SMILES string of the molecule is O=C(NCc1ccc2c(c1)OCO2)c1ccc2nc(C3CC3)n(Cc3ccccc3F)c2c1. The van der Waals surface area contributed by atoms with Gasteiger partial charge in [-0.05, 0) is 54.8 Å². The largest absolute Gasteiger partial charge is 0.454 e. The molecule has 7 heteroatoms. The number of carbonyl (C=O) groups is 1. The molecule has 3 aromatic carbocycles. The summed E-state index contributed by atoms with van der Waals surface area (Å²) >= 11 is 0. The van der Waals surface area contributed by atoms with Gasteiger partial charge in [0.25, 0.3) is 5.91 Å². The van der Waals surface area contributed by atoms with Crippen LogP contribution in [0.4, 0.5) is 4.39 Å². The van der Waals surface area contributed by atoms with Gasteiger partial charge in [0.2, 0.25) is 6.79 Å². The molecule has 0 saturated heterocycles. The van der Waals surface area contributed by atoms with Crippen molar-refractivity contribution in [3.8, 4) is 11.5 Å². The molecule has 0 atom stereocenters. The van der Waals surface area contributed by atoms with E-state index in [4.69, 9.17) is 14.5 Å². The van der Waals surface area contributed by atoms with Crippen molar-refractivity contribution < 1.29 is 18.7 Å². The molecule has 1 N–H and O–H groups in total. The van der Waals surface area contributed by atoms with Crippen LogP contribution in [0.15, 0.2) is 60.7 Å². The number of halogens is 1. The normalized spacial score (nSPS) is 14.6. The first kappa shape index (κ1) is 19.8. The minimum atomic E-state index is -0.237. The molecule has 0 unspecified atom stereocenters. The number of carbonyl (C=O) groups excluding carboxylic acids is 1. The Morgan fingerprint density at radius 3 is 2.76 bits per heavy atom. The van der Waals surface area contributed by atoms with Gasteiger partial charge in [0, 0.05) is 23.6 Å². The third kappa shape index (κ3) is 3.80. The highest BCUT2D eigenvalue weighted by Crippen LogP contribution is 2.41. The Morgan fingerprint density at radius 1 is 1.06 bits per heavy atom. The van der Waals surface area contributed by atoms with Crippen LogP contribution in [0.25, 0.3) is 11.0 Å². The van der Waals surface area contributed by atoms with Gasteiger partial charge in [-0.2, -0.15) is 0 Å². The third-order valence-electron chi connectivity index (χ3n) is 6.16. The molecular formula is C26H22FN3O3. The van der Waals surface area contributed by atoms with E-state index >= 15 is 0 Å². The van der Waals surface area contributed by atoms with Crippen LogP contribution in [0.2, 0.25) is 0 Å². The smallest absolute Gasteiger partial charge is 0.251 e. The van der Waals surface area contributed by atoms with Gasteiger partial charge in [-0.1, -0.05) is 24.3 Å². The highest BCUT2D eigenvalue weighted by molar-refractivity contribution is 5.97. The quantitative estimate of drug-likeness (QED) is 0.467. The lowest BCUT2D eigenvalue weighted by Crippen LogP contribution is -2.22. The lowest BCUT2D eigenvalue weighted by atomic mass is 10.1. The van der Waals surface area contributed by atoms with E-state index in [9.17, 15) is 9.18 Å². The molecule has 6 rings (SSSR count). The van der Waals surface area contributed by atoms with Crippen molar-refractivity contribution in [3.63, 3.8) is 0 Å². The summed E-state index contributed by atoms with van der Waals surface area (Å²) in [6.07, 6.45) is 2.17. The number of hydrogen-bond acceptors (Lipinski definition) is 4. The van der Waals surface area contributed by atoms with Gasteiger partial charge in [-0.25, -0.2) is 9.37 Å². The van der Waals surface area contributed by atoms with E-state index in [0.717, 1.165) is 35.3 Å². The van der Waals surface area contributed by atoms with Gasteiger partial charge >= 0.3 is 0 Å². The fraction of sp³-hybridized carbons (Fsp3) is 0.231. The first-order valence-corrected chi connectivity index (χ1v) is 11.1. The molecule has 1 amide bonds. The molecule has 0 bridgehead atoms. The van der Waals surface area contributed by atoms with Crippen LogP contribution in [0.3, 0.4) is 0 Å². The van der Waals surface area contributed by atoms with Gasteiger partial charge in [0.15, 0.2) is 11.5 Å². The summed E-state index contributed by atoms with van der Waals surface area (Å²) in [4.78, 5) is 17.7. The molecule has 1 fully saturated rings. The van der Waals surface area contributed by atoms with Crippen molar-refractivity contribution in [2.24, 2.45) is 0 Å². The average Bonchev–Trinajstić information content (AvgIpc) is 3.46. The number of nitrogens with one attached hydrogen (secondary N) is 1. The Kier molecular flexibility index (Phi) is 4.75. The van der Waals surface area contributed by atoms with E-state index in [-0.39, 0.29) is 18.5 Å². The second-order valence-electron chi connectivity index (χ2n) is 8.50. The Morgan fingerprint density at radius 2 is 1.91 bits per heavy atom. The topological polar surface area (TPSA) is 65.4 Å². The second-order valence-corrected chi connectivity index (χ2v) is 8.50. The minimum Gasteiger partial charge on any atom is -0.454 e. The van der Waals surface area contributed by atoms with Gasteiger partial charge in [0.1, 0.15) is 11.6 Å². The fourth-order valence-electron chi connectivity index (χ4n) is 4.23. The molecule has 1 aliphatic heterocycles. The van der Waals surface area contributed by atoms with Crippen molar-refractivity contribution in [3.05, 3.63) is 89.0 Å². The fourth-order valence-corrected chi connectivity index (χ4v) is 4.23. The molecule has 4 aromatic rings. The molecule has 166 valence electrons. The number of imidazole rings is 1. The predicted molar refractivity (Wildman–Crippen MR) is 121 cm³/mol. The van der Waals surface area contributed by atoms with Crippen LogP contribution in [-0.2, 0) is 13.1 Å². The summed E-state index contributed by atoms with van der Waals surface area (Å²) in [6.45, 7) is 0.973. The maximum Gasteiger partial charge on any atom is 0.251 e. The standard InChI is InChI=1S/C26H22FN3O3/c27-20-4-2-1-3-19(20)14-30-22-12-18(8-9-21(22)29-25(30)17-6-7-17)26(31)28-13-16-5-10-23-24(11-16)33-15-32-23/h1-5,8-12,17H,6-7,13-15H2,(H,28,31). The van der Waals surface area contributed by atoms with E-state index in [1.165, 1.54) is 6.07 Å². The number of rotatable bonds is 6. The maximum absolute atomic E-state index is 14.4. The molecule has 2 aliphatic rings. The Balaban J connectivity index is 1.27. The number of nitrogens with zero attached hydrogens (tertiary/aromatic N) is 2. The van der Waals surface area contributed by atoms with Crippen molar-refractivity contribution in [2.75, 3.05) is 6.79 Å². The van der Waals surface area contributed by atoms with Crippen LogP contribution in [0, 0.1) is 5.82 Å². The average molecular weight is 443 g/mol. The highest BCUT2D eigenvalue weighted by atomic mass is 19.1. The van der Waals surface area contributed by atoms with Gasteiger partial charge < -0.3 is 19.4 Å². The van der Waals surface area contributed by atoms with Crippen molar-refractivity contribution >= 4 is 16.9 Å². The van der Waals surface area contributed by atoms with Gasteiger partial charge in [0.05, 0.1) is 17.6 Å². The molecule has 0 radical (unpaired) electrons. The number of hydrogen-bond donors (Lipinski definition) is 1. The zero-order valence-electron chi connectivity index (χ0n) is 17.9. The lowest BCUT2D eigenvalue weighted by Gasteiger charge is -2.11. The number of ether oxygens (including phenoxy) is 2. The number of fused-ring (bicyclic) bond motifs is 2. The van der Waals surface area contributed by atoms with Crippen LogP contribution in [-0.4, -0.2) is 22.3 Å². The molecule has 2 heterocycles. The molecular weight excluding hydrogens is 421 g/mol. The molecule has 6 nitrogen and oxygen atoms in total.